The average molecular weight is 525 g/mol. The van der Waals surface area contributed by atoms with Gasteiger partial charge in [0, 0.05) is 0 Å². The van der Waals surface area contributed by atoms with Crippen LogP contribution in [0, 0.1) is 0 Å². The number of ether oxygens (including phenoxy) is 5. The van der Waals surface area contributed by atoms with E-state index in [1.807, 2.05) is 97.1 Å². The van der Waals surface area contributed by atoms with Gasteiger partial charge in [-0.05, 0) is 28.8 Å². The molecular weight excluding hydrogens is 492 g/mol. The number of rotatable bonds is 11. The summed E-state index contributed by atoms with van der Waals surface area (Å²) in [7, 11) is 0. The van der Waals surface area contributed by atoms with Crippen molar-refractivity contribution in [3.05, 3.63) is 144 Å². The van der Waals surface area contributed by atoms with Crippen molar-refractivity contribution in [3.63, 3.8) is 0 Å². The van der Waals surface area contributed by atoms with Crippen molar-refractivity contribution >= 4 is 5.97 Å². The van der Waals surface area contributed by atoms with Gasteiger partial charge in [0.25, 0.3) is 0 Å². The van der Waals surface area contributed by atoms with Gasteiger partial charge in [0.05, 0.1) is 32.0 Å². The number of carbonyl (C=O) groups excluding carboxylic acids is 1. The molecule has 0 spiro atoms. The van der Waals surface area contributed by atoms with Gasteiger partial charge in [-0.3, -0.25) is 0 Å². The molecule has 0 N–H and O–H groups in total. The topological polar surface area (TPSA) is 63.2 Å². The predicted octanol–water partition coefficient (Wildman–Crippen LogP) is 5.96. The van der Waals surface area contributed by atoms with Crippen molar-refractivity contribution in [2.24, 2.45) is 0 Å². The zero-order chi connectivity index (χ0) is 26.7. The second-order valence-electron chi connectivity index (χ2n) is 9.33. The lowest BCUT2D eigenvalue weighted by Gasteiger charge is -2.41. The average Bonchev–Trinajstić information content (AvgIpc) is 3.00. The Labute approximate surface area is 229 Å². The number of hydrogen-bond acceptors (Lipinski definition) is 6. The van der Waals surface area contributed by atoms with E-state index < -0.39 is 30.6 Å². The van der Waals surface area contributed by atoms with Crippen LogP contribution in [-0.2, 0) is 43.5 Å². The Hall–Kier alpha value is -3.81. The van der Waals surface area contributed by atoms with Crippen LogP contribution in [0.1, 0.15) is 27.0 Å². The molecule has 39 heavy (non-hydrogen) atoms. The molecule has 0 saturated carbocycles. The maximum Gasteiger partial charge on any atom is 0.340 e. The third kappa shape index (κ3) is 7.62. The van der Waals surface area contributed by atoms with Crippen LogP contribution < -0.4 is 0 Å². The van der Waals surface area contributed by atoms with E-state index in [0.717, 1.165) is 16.7 Å². The molecule has 1 heterocycles. The van der Waals surface area contributed by atoms with Gasteiger partial charge >= 0.3 is 5.97 Å². The van der Waals surface area contributed by atoms with E-state index in [4.69, 9.17) is 23.7 Å². The monoisotopic (exact) mass is 524 g/mol. The molecule has 1 saturated heterocycles. The Bertz CT molecular complexity index is 1270. The van der Waals surface area contributed by atoms with E-state index in [-0.39, 0.29) is 6.61 Å². The highest BCUT2D eigenvalue weighted by molar-refractivity contribution is 5.89. The number of hydrogen-bond donors (Lipinski definition) is 0. The summed E-state index contributed by atoms with van der Waals surface area (Å²) >= 11 is 0. The van der Waals surface area contributed by atoms with Gasteiger partial charge in [-0.1, -0.05) is 109 Å². The summed E-state index contributed by atoms with van der Waals surface area (Å²) < 4.78 is 31.1. The van der Waals surface area contributed by atoms with Crippen molar-refractivity contribution < 1.29 is 28.5 Å². The van der Waals surface area contributed by atoms with Crippen molar-refractivity contribution in [1.29, 1.82) is 0 Å². The molecule has 4 aromatic carbocycles. The fourth-order valence-electron chi connectivity index (χ4n) is 4.42. The van der Waals surface area contributed by atoms with Gasteiger partial charge in [0.2, 0.25) is 6.29 Å². The molecule has 0 amide bonds. The lowest BCUT2D eigenvalue weighted by Crippen LogP contribution is -2.57. The van der Waals surface area contributed by atoms with E-state index in [2.05, 4.69) is 0 Å². The van der Waals surface area contributed by atoms with Gasteiger partial charge in [-0.15, -0.1) is 0 Å². The summed E-state index contributed by atoms with van der Waals surface area (Å²) in [6.07, 6.45) is -2.70. The number of carbonyl (C=O) groups is 1. The molecule has 0 bridgehead atoms. The Balaban J connectivity index is 1.38. The number of esters is 1. The maximum atomic E-state index is 13.0. The molecule has 1 aliphatic rings. The molecule has 1 fully saturated rings. The van der Waals surface area contributed by atoms with E-state index in [9.17, 15) is 4.79 Å². The first-order chi connectivity index (χ1) is 19.3. The first-order valence-electron chi connectivity index (χ1n) is 13.1. The largest absolute Gasteiger partial charge is 0.429 e. The second kappa shape index (κ2) is 13.8. The minimum Gasteiger partial charge on any atom is -0.429 e. The molecule has 5 rings (SSSR count). The van der Waals surface area contributed by atoms with E-state index >= 15 is 0 Å². The quantitative estimate of drug-likeness (QED) is 0.226. The van der Waals surface area contributed by atoms with Crippen LogP contribution in [-0.4, -0.2) is 37.2 Å². The molecule has 6 heteroatoms. The predicted molar refractivity (Wildman–Crippen MR) is 147 cm³/mol. The molecule has 4 aromatic rings. The molecule has 200 valence electrons. The third-order valence-electron chi connectivity index (χ3n) is 6.49. The van der Waals surface area contributed by atoms with Crippen molar-refractivity contribution in [2.75, 3.05) is 6.61 Å². The van der Waals surface area contributed by atoms with E-state index in [1.54, 1.807) is 24.3 Å². The molecule has 0 unspecified atom stereocenters. The second-order valence-corrected chi connectivity index (χ2v) is 9.33. The number of benzene rings is 4. The highest BCUT2D eigenvalue weighted by atomic mass is 16.7. The minimum absolute atomic E-state index is 0.185. The smallest absolute Gasteiger partial charge is 0.340 e. The van der Waals surface area contributed by atoms with E-state index in [1.165, 1.54) is 0 Å². The van der Waals surface area contributed by atoms with Gasteiger partial charge < -0.3 is 23.7 Å². The molecular formula is C33H32O6. The van der Waals surface area contributed by atoms with Gasteiger partial charge in [-0.25, -0.2) is 4.79 Å². The van der Waals surface area contributed by atoms with Crippen LogP contribution in [0.2, 0.25) is 0 Å². The summed E-state index contributed by atoms with van der Waals surface area (Å²) in [5, 5.41) is 0. The molecule has 1 aliphatic heterocycles. The van der Waals surface area contributed by atoms with Crippen molar-refractivity contribution in [3.8, 4) is 0 Å². The zero-order valence-electron chi connectivity index (χ0n) is 21.6. The molecule has 0 radical (unpaired) electrons. The normalized spacial score (nSPS) is 20.8. The van der Waals surface area contributed by atoms with Gasteiger partial charge in [0.15, 0.2) is 0 Å². The summed E-state index contributed by atoms with van der Waals surface area (Å²) in [5.74, 6) is -0.487. The van der Waals surface area contributed by atoms with Crippen LogP contribution in [0.15, 0.2) is 121 Å². The Morgan fingerprint density at radius 1 is 0.590 bits per heavy atom. The van der Waals surface area contributed by atoms with Crippen LogP contribution in [0.4, 0.5) is 0 Å². The fraction of sp³-hybridized carbons (Fsp3) is 0.242. The summed E-state index contributed by atoms with van der Waals surface area (Å²) in [6, 6.07) is 38.6. The van der Waals surface area contributed by atoms with E-state index in [0.29, 0.717) is 25.4 Å². The molecule has 0 aromatic heterocycles. The Kier molecular flexibility index (Phi) is 9.50. The summed E-state index contributed by atoms with van der Waals surface area (Å²) in [5.41, 5.74) is 3.48. The zero-order valence-corrected chi connectivity index (χ0v) is 21.6. The van der Waals surface area contributed by atoms with Crippen LogP contribution in [0.5, 0.6) is 0 Å². The molecule has 4 atom stereocenters. The highest BCUT2D eigenvalue weighted by Crippen LogP contribution is 2.28. The first-order valence-corrected chi connectivity index (χ1v) is 13.1. The standard InChI is InChI=1S/C33H32O6/c34-32(28-19-11-4-12-20-28)39-33-31(37-23-27-17-9-3-10-18-27)30(36-22-26-15-7-2-8-16-26)29(24-38-33)35-21-25-13-5-1-6-14-25/h1-20,29-31,33H,21-24H2/t29-,30+,31+,33-/m0/s1. The highest BCUT2D eigenvalue weighted by Gasteiger charge is 2.45. The van der Waals surface area contributed by atoms with Gasteiger partial charge in [-0.2, -0.15) is 0 Å². The molecule has 0 aliphatic carbocycles. The van der Waals surface area contributed by atoms with Crippen molar-refractivity contribution in [2.45, 2.75) is 44.4 Å². The lowest BCUT2D eigenvalue weighted by atomic mass is 10.0. The Morgan fingerprint density at radius 2 is 1.03 bits per heavy atom. The lowest BCUT2D eigenvalue weighted by molar-refractivity contribution is -0.285. The maximum absolute atomic E-state index is 13.0. The third-order valence-corrected chi connectivity index (χ3v) is 6.49. The van der Waals surface area contributed by atoms with Gasteiger partial charge in [0.1, 0.15) is 18.3 Å². The SMILES string of the molecule is O=C(O[C@@H]1OC[C@H](OCc2ccccc2)[C@@H](OCc2ccccc2)[C@H]1OCc1ccccc1)c1ccccc1. The first kappa shape index (κ1) is 26.8. The minimum atomic E-state index is -0.973. The van der Waals surface area contributed by atoms with Crippen LogP contribution >= 0.6 is 0 Å². The summed E-state index contributed by atoms with van der Waals surface area (Å²) in [6.45, 7) is 1.22. The van der Waals surface area contributed by atoms with Crippen LogP contribution in [0.3, 0.4) is 0 Å². The van der Waals surface area contributed by atoms with Crippen LogP contribution in [0.25, 0.3) is 0 Å². The summed E-state index contributed by atoms with van der Waals surface area (Å²) in [4.78, 5) is 13.0. The Morgan fingerprint density at radius 3 is 1.54 bits per heavy atom. The molecule has 6 nitrogen and oxygen atoms in total. The van der Waals surface area contributed by atoms with Crippen molar-refractivity contribution in [1.82, 2.24) is 0 Å². The fourth-order valence-corrected chi connectivity index (χ4v) is 4.42.